The molecule has 0 unspecified atom stereocenters. The maximum Gasteiger partial charge on any atom is 0.339 e. The van der Waals surface area contributed by atoms with Crippen LogP contribution < -0.4 is 10.1 Å². The SMILES string of the molecule is COc1ccc(C(=O)O[C@H](C)C(=O)Nc2ccc(Br)cc2)cc1F. The van der Waals surface area contributed by atoms with Crippen LogP contribution in [-0.2, 0) is 9.53 Å². The summed E-state index contributed by atoms with van der Waals surface area (Å²) in [7, 11) is 1.32. The molecule has 1 amide bonds. The Hall–Kier alpha value is -2.41. The molecule has 0 heterocycles. The fourth-order valence-corrected chi connectivity index (χ4v) is 2.12. The minimum atomic E-state index is -1.04. The molecule has 0 spiro atoms. The second kappa shape index (κ2) is 7.92. The third kappa shape index (κ3) is 4.55. The first-order valence-electron chi connectivity index (χ1n) is 7.01. The van der Waals surface area contributed by atoms with E-state index in [9.17, 15) is 14.0 Å². The number of rotatable bonds is 5. The molecule has 0 saturated heterocycles. The van der Waals surface area contributed by atoms with E-state index in [1.807, 2.05) is 0 Å². The van der Waals surface area contributed by atoms with Crippen LogP contribution in [0.2, 0.25) is 0 Å². The van der Waals surface area contributed by atoms with Gasteiger partial charge in [-0.05, 0) is 49.4 Å². The van der Waals surface area contributed by atoms with Gasteiger partial charge in [-0.1, -0.05) is 15.9 Å². The van der Waals surface area contributed by atoms with Crippen LogP contribution in [0.3, 0.4) is 0 Å². The summed E-state index contributed by atoms with van der Waals surface area (Å²) < 4.78 is 24.3. The quantitative estimate of drug-likeness (QED) is 0.782. The molecular weight excluding hydrogens is 381 g/mol. The second-order valence-corrected chi connectivity index (χ2v) is 5.81. The smallest absolute Gasteiger partial charge is 0.339 e. The van der Waals surface area contributed by atoms with Crippen LogP contribution in [0.15, 0.2) is 46.9 Å². The number of anilines is 1. The maximum atomic E-state index is 13.6. The third-order valence-corrected chi connectivity index (χ3v) is 3.68. The zero-order valence-electron chi connectivity index (χ0n) is 13.0. The molecule has 2 aromatic carbocycles. The largest absolute Gasteiger partial charge is 0.494 e. The highest BCUT2D eigenvalue weighted by Crippen LogP contribution is 2.19. The summed E-state index contributed by atoms with van der Waals surface area (Å²) in [5.41, 5.74) is 0.568. The van der Waals surface area contributed by atoms with Crippen LogP contribution in [0.4, 0.5) is 10.1 Å². The second-order valence-electron chi connectivity index (χ2n) is 4.89. The van der Waals surface area contributed by atoms with Crippen molar-refractivity contribution in [2.75, 3.05) is 12.4 Å². The monoisotopic (exact) mass is 395 g/mol. The Bertz CT molecular complexity index is 749. The zero-order chi connectivity index (χ0) is 17.7. The summed E-state index contributed by atoms with van der Waals surface area (Å²) in [6.45, 7) is 1.44. The molecule has 2 rings (SSSR count). The summed E-state index contributed by atoms with van der Waals surface area (Å²) >= 11 is 3.29. The Morgan fingerprint density at radius 2 is 1.83 bits per heavy atom. The lowest BCUT2D eigenvalue weighted by atomic mass is 10.2. The average Bonchev–Trinajstić information content (AvgIpc) is 2.56. The topological polar surface area (TPSA) is 64.6 Å². The van der Waals surface area contributed by atoms with Crippen molar-refractivity contribution in [3.63, 3.8) is 0 Å². The van der Waals surface area contributed by atoms with Crippen molar-refractivity contribution >= 4 is 33.5 Å². The number of ether oxygens (including phenoxy) is 2. The fraction of sp³-hybridized carbons (Fsp3) is 0.176. The first kappa shape index (κ1) is 17.9. The van der Waals surface area contributed by atoms with E-state index in [4.69, 9.17) is 9.47 Å². The van der Waals surface area contributed by atoms with Crippen LogP contribution in [0, 0.1) is 5.82 Å². The molecule has 0 radical (unpaired) electrons. The lowest BCUT2D eigenvalue weighted by Crippen LogP contribution is -2.30. The number of halogens is 2. The van der Waals surface area contributed by atoms with Gasteiger partial charge < -0.3 is 14.8 Å². The number of hydrogen-bond donors (Lipinski definition) is 1. The van der Waals surface area contributed by atoms with Gasteiger partial charge in [0.15, 0.2) is 17.7 Å². The third-order valence-electron chi connectivity index (χ3n) is 3.15. The Balaban J connectivity index is 1.98. The van der Waals surface area contributed by atoms with Crippen LogP contribution in [-0.4, -0.2) is 25.1 Å². The molecule has 2 aromatic rings. The summed E-state index contributed by atoms with van der Waals surface area (Å²) in [5.74, 6) is -1.94. The van der Waals surface area contributed by atoms with E-state index in [0.717, 1.165) is 10.5 Å². The molecule has 0 aliphatic rings. The van der Waals surface area contributed by atoms with Gasteiger partial charge >= 0.3 is 5.97 Å². The average molecular weight is 396 g/mol. The number of carbonyl (C=O) groups is 2. The standard InChI is InChI=1S/C17H15BrFNO4/c1-10(16(21)20-13-6-4-12(18)5-7-13)24-17(22)11-3-8-15(23-2)14(19)9-11/h3-10H,1-2H3,(H,20,21)/t10-/m1/s1. The van der Waals surface area contributed by atoms with Gasteiger partial charge in [0.05, 0.1) is 12.7 Å². The van der Waals surface area contributed by atoms with E-state index >= 15 is 0 Å². The summed E-state index contributed by atoms with van der Waals surface area (Å²) in [4.78, 5) is 24.0. The van der Waals surface area contributed by atoms with Gasteiger partial charge in [-0.2, -0.15) is 0 Å². The van der Waals surface area contributed by atoms with E-state index in [-0.39, 0.29) is 11.3 Å². The van der Waals surface area contributed by atoms with E-state index in [1.165, 1.54) is 26.2 Å². The number of esters is 1. The molecule has 0 aromatic heterocycles. The van der Waals surface area contributed by atoms with E-state index in [0.29, 0.717) is 5.69 Å². The molecule has 0 aliphatic carbocycles. The van der Waals surface area contributed by atoms with Gasteiger partial charge in [0.1, 0.15) is 0 Å². The van der Waals surface area contributed by atoms with Gasteiger partial charge in [0.2, 0.25) is 0 Å². The van der Waals surface area contributed by atoms with Crippen LogP contribution in [0.1, 0.15) is 17.3 Å². The number of methoxy groups -OCH3 is 1. The number of amides is 1. The van der Waals surface area contributed by atoms with E-state index in [1.54, 1.807) is 24.3 Å². The summed E-state index contributed by atoms with van der Waals surface area (Å²) in [6, 6.07) is 10.6. The van der Waals surface area contributed by atoms with Crippen molar-refractivity contribution in [2.45, 2.75) is 13.0 Å². The molecule has 7 heteroatoms. The van der Waals surface area contributed by atoms with Crippen LogP contribution in [0.25, 0.3) is 0 Å². The maximum absolute atomic E-state index is 13.6. The van der Waals surface area contributed by atoms with Crippen molar-refractivity contribution < 1.29 is 23.5 Å². The molecule has 0 saturated carbocycles. The molecule has 24 heavy (non-hydrogen) atoms. The van der Waals surface area contributed by atoms with Crippen LogP contribution >= 0.6 is 15.9 Å². The van der Waals surface area contributed by atoms with Gasteiger partial charge in [-0.15, -0.1) is 0 Å². The minimum absolute atomic E-state index is 0.00316. The number of hydrogen-bond acceptors (Lipinski definition) is 4. The van der Waals surface area contributed by atoms with E-state index in [2.05, 4.69) is 21.2 Å². The highest BCUT2D eigenvalue weighted by atomic mass is 79.9. The van der Waals surface area contributed by atoms with E-state index < -0.39 is 23.8 Å². The first-order chi connectivity index (χ1) is 11.4. The first-order valence-corrected chi connectivity index (χ1v) is 7.81. The van der Waals surface area contributed by atoms with Crippen molar-refractivity contribution in [1.82, 2.24) is 0 Å². The molecule has 1 N–H and O–H groups in total. The van der Waals surface area contributed by atoms with Gasteiger partial charge in [-0.3, -0.25) is 4.79 Å². The van der Waals surface area contributed by atoms with Crippen molar-refractivity contribution in [1.29, 1.82) is 0 Å². The molecule has 0 aliphatic heterocycles. The lowest BCUT2D eigenvalue weighted by Gasteiger charge is -2.14. The highest BCUT2D eigenvalue weighted by Gasteiger charge is 2.20. The number of benzene rings is 2. The molecule has 126 valence electrons. The van der Waals surface area contributed by atoms with Crippen molar-refractivity contribution in [2.24, 2.45) is 0 Å². The Kier molecular flexibility index (Phi) is 5.92. The predicted octanol–water partition coefficient (Wildman–Crippen LogP) is 3.78. The predicted molar refractivity (Wildman–Crippen MR) is 90.6 cm³/mol. The molecule has 0 bridgehead atoms. The van der Waals surface area contributed by atoms with Gasteiger partial charge in [0, 0.05) is 10.2 Å². The highest BCUT2D eigenvalue weighted by molar-refractivity contribution is 9.10. The molecule has 5 nitrogen and oxygen atoms in total. The minimum Gasteiger partial charge on any atom is -0.494 e. The number of carbonyl (C=O) groups excluding carboxylic acids is 2. The normalized spacial score (nSPS) is 11.5. The molecular formula is C17H15BrFNO4. The van der Waals surface area contributed by atoms with Crippen molar-refractivity contribution in [3.05, 3.63) is 58.3 Å². The Morgan fingerprint density at radius 3 is 2.42 bits per heavy atom. The zero-order valence-corrected chi connectivity index (χ0v) is 14.6. The fourth-order valence-electron chi connectivity index (χ4n) is 1.85. The van der Waals surface area contributed by atoms with Gasteiger partial charge in [0.25, 0.3) is 5.91 Å². The van der Waals surface area contributed by atoms with Gasteiger partial charge in [-0.25, -0.2) is 9.18 Å². The Labute approximate surface area is 146 Å². The molecule has 1 atom stereocenters. The summed E-state index contributed by atoms with van der Waals surface area (Å²) in [6.07, 6.45) is -1.04. The lowest BCUT2D eigenvalue weighted by molar-refractivity contribution is -0.123. The Morgan fingerprint density at radius 1 is 1.17 bits per heavy atom. The van der Waals surface area contributed by atoms with Crippen LogP contribution in [0.5, 0.6) is 5.75 Å². The molecule has 0 fully saturated rings. The van der Waals surface area contributed by atoms with Crippen molar-refractivity contribution in [3.8, 4) is 5.75 Å². The number of nitrogens with one attached hydrogen (secondary N) is 1. The summed E-state index contributed by atoms with van der Waals surface area (Å²) in [5, 5.41) is 2.62.